The lowest BCUT2D eigenvalue weighted by Gasteiger charge is -2.16. The molecule has 0 saturated carbocycles. The van der Waals surface area contributed by atoms with Gasteiger partial charge in [-0.05, 0) is 55.9 Å². The van der Waals surface area contributed by atoms with Crippen molar-refractivity contribution in [3.63, 3.8) is 0 Å². The minimum Gasteiger partial charge on any atom is -0.325 e. The standard InChI is InChI=1S/C18H19ClFN3O2/c1-12-3-6-14(20)9-16(12)22-18(25)11-23(2)10-17(24)21-15-7-4-13(19)5-8-15/h3-9H,10-11H2,1-2H3,(H,21,24)(H,22,25). The highest BCUT2D eigenvalue weighted by molar-refractivity contribution is 6.30. The van der Waals surface area contributed by atoms with Gasteiger partial charge in [-0.1, -0.05) is 17.7 Å². The number of likely N-dealkylation sites (N-methyl/N-ethyl adjacent to an activating group) is 1. The molecule has 2 aromatic rings. The fourth-order valence-electron chi connectivity index (χ4n) is 2.20. The lowest BCUT2D eigenvalue weighted by Crippen LogP contribution is -2.36. The average molecular weight is 364 g/mol. The minimum absolute atomic E-state index is 0.00396. The molecule has 0 fully saturated rings. The predicted octanol–water partition coefficient (Wildman–Crippen LogP) is 3.30. The van der Waals surface area contributed by atoms with Gasteiger partial charge in [-0.2, -0.15) is 0 Å². The maximum Gasteiger partial charge on any atom is 0.238 e. The molecule has 0 saturated heterocycles. The third-order valence-electron chi connectivity index (χ3n) is 3.43. The Morgan fingerprint density at radius 3 is 2.28 bits per heavy atom. The Labute approximate surface area is 150 Å². The van der Waals surface area contributed by atoms with Gasteiger partial charge in [0.1, 0.15) is 5.82 Å². The summed E-state index contributed by atoms with van der Waals surface area (Å²) in [7, 11) is 1.65. The second kappa shape index (κ2) is 8.60. The maximum absolute atomic E-state index is 13.2. The van der Waals surface area contributed by atoms with E-state index in [9.17, 15) is 14.0 Å². The summed E-state index contributed by atoms with van der Waals surface area (Å²) in [6.45, 7) is 1.82. The molecule has 0 aromatic heterocycles. The third kappa shape index (κ3) is 6.17. The van der Waals surface area contributed by atoms with Gasteiger partial charge in [0.05, 0.1) is 13.1 Å². The van der Waals surface area contributed by atoms with Crippen molar-refractivity contribution in [1.82, 2.24) is 4.90 Å². The molecule has 0 atom stereocenters. The van der Waals surface area contributed by atoms with Crippen LogP contribution in [0.2, 0.25) is 5.02 Å². The number of aryl methyl sites for hydroxylation is 1. The van der Waals surface area contributed by atoms with E-state index in [1.807, 2.05) is 0 Å². The van der Waals surface area contributed by atoms with Crippen molar-refractivity contribution < 1.29 is 14.0 Å². The van der Waals surface area contributed by atoms with E-state index in [-0.39, 0.29) is 24.9 Å². The molecule has 0 bridgehead atoms. The number of nitrogens with one attached hydrogen (secondary N) is 2. The van der Waals surface area contributed by atoms with Gasteiger partial charge in [0.15, 0.2) is 0 Å². The van der Waals surface area contributed by atoms with Gasteiger partial charge in [0, 0.05) is 16.4 Å². The smallest absolute Gasteiger partial charge is 0.238 e. The zero-order valence-electron chi connectivity index (χ0n) is 14.0. The van der Waals surface area contributed by atoms with Crippen molar-refractivity contribution >= 4 is 34.8 Å². The van der Waals surface area contributed by atoms with Crippen LogP contribution >= 0.6 is 11.6 Å². The molecule has 0 aliphatic rings. The molecule has 25 heavy (non-hydrogen) atoms. The lowest BCUT2D eigenvalue weighted by atomic mass is 10.2. The molecule has 0 heterocycles. The monoisotopic (exact) mass is 363 g/mol. The van der Waals surface area contributed by atoms with E-state index in [1.54, 1.807) is 49.2 Å². The first-order valence-electron chi connectivity index (χ1n) is 7.63. The fourth-order valence-corrected chi connectivity index (χ4v) is 2.32. The molecule has 2 rings (SSSR count). The van der Waals surface area contributed by atoms with Gasteiger partial charge in [-0.25, -0.2) is 4.39 Å². The molecule has 0 unspecified atom stereocenters. The van der Waals surface area contributed by atoms with Crippen LogP contribution < -0.4 is 10.6 Å². The highest BCUT2D eigenvalue weighted by Gasteiger charge is 2.12. The number of amides is 2. The Morgan fingerprint density at radius 2 is 1.64 bits per heavy atom. The molecular formula is C18H19ClFN3O2. The summed E-state index contributed by atoms with van der Waals surface area (Å²) in [6.07, 6.45) is 0. The van der Waals surface area contributed by atoms with Gasteiger partial charge < -0.3 is 10.6 Å². The van der Waals surface area contributed by atoms with E-state index in [0.717, 1.165) is 5.56 Å². The molecule has 5 nitrogen and oxygen atoms in total. The van der Waals surface area contributed by atoms with Gasteiger partial charge in [-0.3, -0.25) is 14.5 Å². The first kappa shape index (κ1) is 18.9. The summed E-state index contributed by atoms with van der Waals surface area (Å²) in [5.74, 6) is -0.994. The van der Waals surface area contributed by atoms with Gasteiger partial charge in [0.2, 0.25) is 11.8 Å². The second-order valence-electron chi connectivity index (χ2n) is 5.73. The van der Waals surface area contributed by atoms with Crippen LogP contribution in [-0.2, 0) is 9.59 Å². The first-order valence-corrected chi connectivity index (χ1v) is 8.01. The zero-order valence-corrected chi connectivity index (χ0v) is 14.7. The number of carbonyl (C=O) groups is 2. The summed E-state index contributed by atoms with van der Waals surface area (Å²) in [5, 5.41) is 5.95. The van der Waals surface area contributed by atoms with Crippen LogP contribution in [-0.4, -0.2) is 36.9 Å². The molecule has 132 valence electrons. The van der Waals surface area contributed by atoms with Crippen molar-refractivity contribution in [3.05, 3.63) is 58.9 Å². The van der Waals surface area contributed by atoms with Crippen molar-refractivity contribution in [2.45, 2.75) is 6.92 Å². The number of halogens is 2. The van der Waals surface area contributed by atoms with Crippen LogP contribution in [0.3, 0.4) is 0 Å². The van der Waals surface area contributed by atoms with E-state index < -0.39 is 5.82 Å². The topological polar surface area (TPSA) is 61.4 Å². The summed E-state index contributed by atoms with van der Waals surface area (Å²) >= 11 is 5.79. The van der Waals surface area contributed by atoms with E-state index >= 15 is 0 Å². The van der Waals surface area contributed by atoms with Gasteiger partial charge >= 0.3 is 0 Å². The number of benzene rings is 2. The molecule has 0 radical (unpaired) electrons. The average Bonchev–Trinajstić information content (AvgIpc) is 2.52. The van der Waals surface area contributed by atoms with Crippen molar-refractivity contribution in [2.24, 2.45) is 0 Å². The summed E-state index contributed by atoms with van der Waals surface area (Å²) in [6, 6.07) is 10.9. The molecule has 2 amide bonds. The Bertz CT molecular complexity index is 765. The lowest BCUT2D eigenvalue weighted by molar-refractivity contribution is -0.119. The summed E-state index contributed by atoms with van der Waals surface area (Å²) in [4.78, 5) is 25.6. The second-order valence-corrected chi connectivity index (χ2v) is 6.17. The highest BCUT2D eigenvalue weighted by Crippen LogP contribution is 2.16. The number of hydrogen-bond donors (Lipinski definition) is 2. The predicted molar refractivity (Wildman–Crippen MR) is 97.3 cm³/mol. The Balaban J connectivity index is 1.83. The summed E-state index contributed by atoms with van der Waals surface area (Å²) < 4.78 is 13.2. The van der Waals surface area contributed by atoms with Crippen LogP contribution in [0.25, 0.3) is 0 Å². The van der Waals surface area contributed by atoms with Crippen LogP contribution in [0.15, 0.2) is 42.5 Å². The Hall–Kier alpha value is -2.44. The van der Waals surface area contributed by atoms with E-state index in [0.29, 0.717) is 16.4 Å². The number of carbonyl (C=O) groups excluding carboxylic acids is 2. The van der Waals surface area contributed by atoms with Crippen molar-refractivity contribution in [3.8, 4) is 0 Å². The maximum atomic E-state index is 13.2. The molecule has 0 aliphatic carbocycles. The minimum atomic E-state index is -0.420. The van der Waals surface area contributed by atoms with E-state index in [4.69, 9.17) is 11.6 Å². The number of anilines is 2. The van der Waals surface area contributed by atoms with Crippen LogP contribution in [0.1, 0.15) is 5.56 Å². The fraction of sp³-hybridized carbons (Fsp3) is 0.222. The van der Waals surface area contributed by atoms with E-state index in [1.165, 1.54) is 12.1 Å². The third-order valence-corrected chi connectivity index (χ3v) is 3.68. The number of rotatable bonds is 6. The van der Waals surface area contributed by atoms with E-state index in [2.05, 4.69) is 10.6 Å². The summed E-state index contributed by atoms with van der Waals surface area (Å²) in [5.41, 5.74) is 1.81. The number of nitrogens with zero attached hydrogens (tertiary/aromatic N) is 1. The molecule has 0 spiro atoms. The molecular weight excluding hydrogens is 345 g/mol. The zero-order chi connectivity index (χ0) is 18.4. The number of hydrogen-bond acceptors (Lipinski definition) is 3. The molecule has 0 aliphatic heterocycles. The quantitative estimate of drug-likeness (QED) is 0.827. The molecule has 7 heteroatoms. The van der Waals surface area contributed by atoms with Gasteiger partial charge in [0.25, 0.3) is 0 Å². The van der Waals surface area contributed by atoms with Crippen LogP contribution in [0.5, 0.6) is 0 Å². The SMILES string of the molecule is Cc1ccc(F)cc1NC(=O)CN(C)CC(=O)Nc1ccc(Cl)cc1. The molecule has 2 aromatic carbocycles. The largest absolute Gasteiger partial charge is 0.325 e. The normalized spacial score (nSPS) is 10.6. The van der Waals surface area contributed by atoms with Crippen LogP contribution in [0.4, 0.5) is 15.8 Å². The van der Waals surface area contributed by atoms with Gasteiger partial charge in [-0.15, -0.1) is 0 Å². The Kier molecular flexibility index (Phi) is 6.50. The highest BCUT2D eigenvalue weighted by atomic mass is 35.5. The first-order chi connectivity index (χ1) is 11.8. The molecule has 2 N–H and O–H groups in total. The van der Waals surface area contributed by atoms with Crippen molar-refractivity contribution in [2.75, 3.05) is 30.8 Å². The van der Waals surface area contributed by atoms with Crippen LogP contribution in [0, 0.1) is 12.7 Å². The Morgan fingerprint density at radius 1 is 1.04 bits per heavy atom. The van der Waals surface area contributed by atoms with Crippen molar-refractivity contribution in [1.29, 1.82) is 0 Å².